The Hall–Kier alpha value is -2.98. The first-order valence-corrected chi connectivity index (χ1v) is 11.0. The molecule has 1 aromatic heterocycles. The van der Waals surface area contributed by atoms with Crippen molar-refractivity contribution >= 4 is 40.6 Å². The summed E-state index contributed by atoms with van der Waals surface area (Å²) in [6, 6.07) is 10.6. The molecule has 0 fully saturated rings. The SMILES string of the molecule is COc1cccc(NC(=O)CSc2nc(CC(=O)NCc3c(F)cccc3F)cs2)c1. The van der Waals surface area contributed by atoms with Gasteiger partial charge in [-0.25, -0.2) is 13.8 Å². The molecule has 0 radical (unpaired) electrons. The highest BCUT2D eigenvalue weighted by atomic mass is 32.2. The molecular weight excluding hydrogens is 444 g/mol. The van der Waals surface area contributed by atoms with Gasteiger partial charge in [0.2, 0.25) is 11.8 Å². The van der Waals surface area contributed by atoms with Crippen LogP contribution in [0.1, 0.15) is 11.3 Å². The number of rotatable bonds is 9. The molecule has 6 nitrogen and oxygen atoms in total. The molecule has 2 aromatic carbocycles. The van der Waals surface area contributed by atoms with Crippen LogP contribution >= 0.6 is 23.1 Å². The van der Waals surface area contributed by atoms with Crippen molar-refractivity contribution in [3.8, 4) is 5.75 Å². The predicted molar refractivity (Wildman–Crippen MR) is 116 cm³/mol. The minimum Gasteiger partial charge on any atom is -0.497 e. The number of carbonyl (C=O) groups is 2. The van der Waals surface area contributed by atoms with Crippen LogP contribution in [0, 0.1) is 11.6 Å². The first kappa shape index (κ1) is 22.7. The van der Waals surface area contributed by atoms with Gasteiger partial charge in [0.05, 0.1) is 25.0 Å². The first-order chi connectivity index (χ1) is 14.9. The Bertz CT molecular complexity index is 1060. The molecule has 162 valence electrons. The highest BCUT2D eigenvalue weighted by Crippen LogP contribution is 2.24. The quantitative estimate of drug-likeness (QED) is 0.469. The second kappa shape index (κ2) is 10.9. The van der Waals surface area contributed by atoms with E-state index < -0.39 is 17.5 Å². The second-order valence-electron chi connectivity index (χ2n) is 6.33. The van der Waals surface area contributed by atoms with Crippen LogP contribution in [-0.4, -0.2) is 29.7 Å². The van der Waals surface area contributed by atoms with Crippen molar-refractivity contribution in [3.05, 3.63) is 70.7 Å². The van der Waals surface area contributed by atoms with Gasteiger partial charge in [0.15, 0.2) is 4.34 Å². The number of nitrogens with zero attached hydrogens (tertiary/aromatic N) is 1. The molecule has 0 aliphatic carbocycles. The number of thioether (sulfide) groups is 1. The number of thiazole rings is 1. The van der Waals surface area contributed by atoms with Gasteiger partial charge in [-0.15, -0.1) is 11.3 Å². The van der Waals surface area contributed by atoms with Gasteiger partial charge < -0.3 is 15.4 Å². The molecule has 3 rings (SSSR count). The van der Waals surface area contributed by atoms with Gasteiger partial charge in [-0.1, -0.05) is 23.9 Å². The van der Waals surface area contributed by atoms with Crippen molar-refractivity contribution in [1.29, 1.82) is 0 Å². The maximum absolute atomic E-state index is 13.6. The number of carbonyl (C=O) groups excluding carboxylic acids is 2. The molecule has 0 bridgehead atoms. The van der Waals surface area contributed by atoms with Crippen LogP contribution in [0.5, 0.6) is 5.75 Å². The molecule has 0 saturated heterocycles. The van der Waals surface area contributed by atoms with E-state index >= 15 is 0 Å². The fourth-order valence-electron chi connectivity index (χ4n) is 2.58. The minimum absolute atomic E-state index is 0.0247. The zero-order valence-electron chi connectivity index (χ0n) is 16.5. The number of amides is 2. The standard InChI is InChI=1S/C21H19F2N3O3S2/c1-29-15-5-2-4-13(8-15)25-20(28)12-31-21-26-14(11-30-21)9-19(27)24-10-16-17(22)6-3-7-18(16)23/h2-8,11H,9-10,12H2,1H3,(H,24,27)(H,25,28). The first-order valence-electron chi connectivity index (χ1n) is 9.15. The Kier molecular flexibility index (Phi) is 7.96. The summed E-state index contributed by atoms with van der Waals surface area (Å²) < 4.78 is 33.0. The maximum Gasteiger partial charge on any atom is 0.234 e. The van der Waals surface area contributed by atoms with Gasteiger partial charge in [-0.3, -0.25) is 9.59 Å². The summed E-state index contributed by atoms with van der Waals surface area (Å²) in [5, 5.41) is 6.98. The second-order valence-corrected chi connectivity index (χ2v) is 8.41. The molecule has 10 heteroatoms. The molecule has 31 heavy (non-hydrogen) atoms. The number of methoxy groups -OCH3 is 1. The highest BCUT2D eigenvalue weighted by molar-refractivity contribution is 8.01. The third-order valence-corrected chi connectivity index (χ3v) is 6.15. The normalized spacial score (nSPS) is 10.5. The van der Waals surface area contributed by atoms with Crippen molar-refractivity contribution < 1.29 is 23.1 Å². The zero-order valence-corrected chi connectivity index (χ0v) is 18.1. The summed E-state index contributed by atoms with van der Waals surface area (Å²) in [6.45, 7) is -0.243. The lowest BCUT2D eigenvalue weighted by molar-refractivity contribution is -0.120. The van der Waals surface area contributed by atoms with Gasteiger partial charge >= 0.3 is 0 Å². The van der Waals surface area contributed by atoms with Gasteiger partial charge in [0, 0.05) is 29.2 Å². The number of nitrogens with one attached hydrogen (secondary N) is 2. The van der Waals surface area contributed by atoms with E-state index in [1.807, 2.05) is 0 Å². The van der Waals surface area contributed by atoms with E-state index in [1.54, 1.807) is 36.8 Å². The van der Waals surface area contributed by atoms with Gasteiger partial charge in [0.25, 0.3) is 0 Å². The maximum atomic E-state index is 13.6. The van der Waals surface area contributed by atoms with Crippen LogP contribution < -0.4 is 15.4 Å². The summed E-state index contributed by atoms with van der Waals surface area (Å²) in [4.78, 5) is 28.5. The molecule has 3 aromatic rings. The Morgan fingerprint density at radius 2 is 1.87 bits per heavy atom. The molecule has 0 aliphatic rings. The van der Waals surface area contributed by atoms with Crippen LogP contribution in [0.2, 0.25) is 0 Å². The topological polar surface area (TPSA) is 80.3 Å². The molecule has 2 N–H and O–H groups in total. The molecular formula is C21H19F2N3O3S2. The van der Waals surface area contributed by atoms with E-state index in [0.717, 1.165) is 12.1 Å². The lowest BCUT2D eigenvalue weighted by atomic mass is 10.2. The minimum atomic E-state index is -0.708. The summed E-state index contributed by atoms with van der Waals surface area (Å²) in [7, 11) is 1.55. The third kappa shape index (κ3) is 6.76. The summed E-state index contributed by atoms with van der Waals surface area (Å²) in [5.41, 5.74) is 0.965. The lowest BCUT2D eigenvalue weighted by Crippen LogP contribution is -2.25. The summed E-state index contributed by atoms with van der Waals surface area (Å²) >= 11 is 2.57. The Morgan fingerprint density at radius 3 is 2.61 bits per heavy atom. The van der Waals surface area contributed by atoms with Crippen molar-refractivity contribution in [2.45, 2.75) is 17.3 Å². The largest absolute Gasteiger partial charge is 0.497 e. The van der Waals surface area contributed by atoms with Crippen LogP contribution in [0.3, 0.4) is 0 Å². The van der Waals surface area contributed by atoms with Crippen LogP contribution in [0.25, 0.3) is 0 Å². The highest BCUT2D eigenvalue weighted by Gasteiger charge is 2.13. The number of aromatic nitrogens is 1. The molecule has 0 saturated carbocycles. The Labute approximate surface area is 186 Å². The molecule has 1 heterocycles. The molecule has 0 atom stereocenters. The number of anilines is 1. The molecule has 0 unspecified atom stereocenters. The van der Waals surface area contributed by atoms with Crippen LogP contribution in [0.15, 0.2) is 52.2 Å². The monoisotopic (exact) mass is 463 g/mol. The molecule has 2 amide bonds. The van der Waals surface area contributed by atoms with Crippen molar-refractivity contribution in [2.75, 3.05) is 18.2 Å². The number of ether oxygens (including phenoxy) is 1. The number of benzene rings is 2. The van der Waals surface area contributed by atoms with E-state index in [0.29, 0.717) is 21.5 Å². The Balaban J connectivity index is 1.45. The smallest absolute Gasteiger partial charge is 0.234 e. The number of halogens is 2. The molecule has 0 aliphatic heterocycles. The average molecular weight is 464 g/mol. The summed E-state index contributed by atoms with van der Waals surface area (Å²) in [5.74, 6) is -1.21. The average Bonchev–Trinajstić information content (AvgIpc) is 3.19. The summed E-state index contributed by atoms with van der Waals surface area (Å²) in [6.07, 6.45) is -0.0247. The van der Waals surface area contributed by atoms with E-state index in [9.17, 15) is 18.4 Å². The number of hydrogen-bond donors (Lipinski definition) is 2. The van der Waals surface area contributed by atoms with E-state index in [1.165, 1.54) is 29.2 Å². The lowest BCUT2D eigenvalue weighted by Gasteiger charge is -2.06. The van der Waals surface area contributed by atoms with Crippen molar-refractivity contribution in [2.24, 2.45) is 0 Å². The van der Waals surface area contributed by atoms with Gasteiger partial charge in [0.1, 0.15) is 17.4 Å². The van der Waals surface area contributed by atoms with Crippen molar-refractivity contribution in [1.82, 2.24) is 10.3 Å². The fourth-order valence-corrected chi connectivity index (χ4v) is 4.22. The zero-order chi connectivity index (χ0) is 22.2. The fraction of sp³-hybridized carbons (Fsp3) is 0.190. The van der Waals surface area contributed by atoms with E-state index in [2.05, 4.69) is 15.6 Å². The number of hydrogen-bond acceptors (Lipinski definition) is 6. The van der Waals surface area contributed by atoms with Crippen LogP contribution in [0.4, 0.5) is 14.5 Å². The van der Waals surface area contributed by atoms with Gasteiger partial charge in [-0.05, 0) is 24.3 Å². The van der Waals surface area contributed by atoms with E-state index in [-0.39, 0.29) is 30.2 Å². The third-order valence-electron chi connectivity index (χ3n) is 4.08. The Morgan fingerprint density at radius 1 is 1.13 bits per heavy atom. The van der Waals surface area contributed by atoms with E-state index in [4.69, 9.17) is 4.74 Å². The van der Waals surface area contributed by atoms with Crippen molar-refractivity contribution in [3.63, 3.8) is 0 Å². The molecule has 0 spiro atoms. The van der Waals surface area contributed by atoms with Gasteiger partial charge in [-0.2, -0.15) is 0 Å². The van der Waals surface area contributed by atoms with Crippen LogP contribution in [-0.2, 0) is 22.6 Å². The predicted octanol–water partition coefficient (Wildman–Crippen LogP) is 4.02.